The minimum atomic E-state index is -3.94. The van der Waals surface area contributed by atoms with Gasteiger partial charge in [-0.2, -0.15) is 4.31 Å². The van der Waals surface area contributed by atoms with Crippen molar-refractivity contribution in [2.45, 2.75) is 17.9 Å². The highest BCUT2D eigenvalue weighted by Gasteiger charge is 2.34. The zero-order valence-electron chi connectivity index (χ0n) is 17.5. The fraction of sp³-hybridized carbons (Fsp3) is 0.333. The van der Waals surface area contributed by atoms with Gasteiger partial charge in [0.25, 0.3) is 11.8 Å². The fourth-order valence-corrected chi connectivity index (χ4v) is 5.83. The molecule has 2 aromatic rings. The van der Waals surface area contributed by atoms with Gasteiger partial charge >= 0.3 is 0 Å². The third-order valence-electron chi connectivity index (χ3n) is 5.73. The standard InChI is InChI=1S/C21H20ClN3O7S/c1-12-20(26)23-15-9-14(22)19(10-17(15)32-12)33(28,29)25-6-4-24(5-7-25)21(27)13-2-3-16-18(8-13)31-11-30-16/h2-3,8-10,12H,4-7,11H2,1H3,(H,23,26)/t12-/m0/s1. The van der Waals surface area contributed by atoms with E-state index >= 15 is 0 Å². The lowest BCUT2D eigenvalue weighted by Gasteiger charge is -2.34. The van der Waals surface area contributed by atoms with E-state index < -0.39 is 16.1 Å². The van der Waals surface area contributed by atoms with Crippen LogP contribution in [0.3, 0.4) is 0 Å². The maximum atomic E-state index is 13.3. The van der Waals surface area contributed by atoms with E-state index in [-0.39, 0.29) is 60.5 Å². The number of amides is 2. The predicted octanol–water partition coefficient (Wildman–Crippen LogP) is 1.93. The van der Waals surface area contributed by atoms with Crippen molar-refractivity contribution >= 4 is 39.1 Å². The highest BCUT2D eigenvalue weighted by atomic mass is 35.5. The molecule has 0 unspecified atom stereocenters. The van der Waals surface area contributed by atoms with E-state index in [0.29, 0.717) is 22.7 Å². The Balaban J connectivity index is 1.31. The lowest BCUT2D eigenvalue weighted by atomic mass is 10.1. The molecule has 1 fully saturated rings. The molecule has 1 saturated heterocycles. The summed E-state index contributed by atoms with van der Waals surface area (Å²) in [6.45, 7) is 2.35. The zero-order chi connectivity index (χ0) is 23.3. The van der Waals surface area contributed by atoms with Gasteiger partial charge in [-0.3, -0.25) is 9.59 Å². The van der Waals surface area contributed by atoms with Crippen molar-refractivity contribution in [3.8, 4) is 17.2 Å². The lowest BCUT2D eigenvalue weighted by Crippen LogP contribution is -2.50. The second-order valence-corrected chi connectivity index (χ2v) is 10.1. The summed E-state index contributed by atoms with van der Waals surface area (Å²) in [5.41, 5.74) is 0.766. The van der Waals surface area contributed by atoms with Gasteiger partial charge in [-0.05, 0) is 31.2 Å². The van der Waals surface area contributed by atoms with Gasteiger partial charge in [-0.25, -0.2) is 8.42 Å². The number of hydrogen-bond acceptors (Lipinski definition) is 7. The number of hydrogen-bond donors (Lipinski definition) is 1. The van der Waals surface area contributed by atoms with E-state index in [9.17, 15) is 18.0 Å². The second kappa shape index (κ2) is 8.08. The molecule has 3 aliphatic heterocycles. The predicted molar refractivity (Wildman–Crippen MR) is 117 cm³/mol. The highest BCUT2D eigenvalue weighted by molar-refractivity contribution is 7.89. The Labute approximate surface area is 195 Å². The first-order valence-corrected chi connectivity index (χ1v) is 12.1. The van der Waals surface area contributed by atoms with Crippen LogP contribution in [0.4, 0.5) is 5.69 Å². The first-order chi connectivity index (χ1) is 15.7. The van der Waals surface area contributed by atoms with Crippen molar-refractivity contribution in [1.82, 2.24) is 9.21 Å². The summed E-state index contributed by atoms with van der Waals surface area (Å²) >= 11 is 6.26. The topological polar surface area (TPSA) is 114 Å². The number of anilines is 1. The summed E-state index contributed by atoms with van der Waals surface area (Å²) in [6.07, 6.45) is -0.750. The van der Waals surface area contributed by atoms with Gasteiger partial charge in [0.05, 0.1) is 10.7 Å². The molecule has 2 aromatic carbocycles. The van der Waals surface area contributed by atoms with Crippen LogP contribution in [0.25, 0.3) is 0 Å². The van der Waals surface area contributed by atoms with E-state index in [1.54, 1.807) is 30.0 Å². The molecule has 1 N–H and O–H groups in total. The Morgan fingerprint density at radius 2 is 1.79 bits per heavy atom. The average molecular weight is 494 g/mol. The van der Waals surface area contributed by atoms with Gasteiger partial charge in [-0.1, -0.05) is 11.6 Å². The first kappa shape index (κ1) is 21.8. The molecule has 0 aliphatic carbocycles. The van der Waals surface area contributed by atoms with Crippen LogP contribution in [-0.2, 0) is 14.8 Å². The maximum Gasteiger partial charge on any atom is 0.265 e. The van der Waals surface area contributed by atoms with E-state index in [1.807, 2.05) is 0 Å². The van der Waals surface area contributed by atoms with Crippen LogP contribution in [0, 0.1) is 0 Å². The Morgan fingerprint density at radius 3 is 2.55 bits per heavy atom. The van der Waals surface area contributed by atoms with Crippen LogP contribution >= 0.6 is 11.6 Å². The molecule has 0 radical (unpaired) electrons. The number of halogens is 1. The lowest BCUT2D eigenvalue weighted by molar-refractivity contribution is -0.122. The number of piperazine rings is 1. The van der Waals surface area contributed by atoms with Gasteiger partial charge in [0.1, 0.15) is 10.6 Å². The van der Waals surface area contributed by atoms with Crippen molar-refractivity contribution in [3.63, 3.8) is 0 Å². The summed E-state index contributed by atoms with van der Waals surface area (Å²) in [7, 11) is -3.94. The van der Waals surface area contributed by atoms with Crippen LogP contribution in [-0.4, -0.2) is 68.5 Å². The summed E-state index contributed by atoms with van der Waals surface area (Å²) in [5, 5.41) is 2.62. The Kier molecular flexibility index (Phi) is 5.34. The third kappa shape index (κ3) is 3.85. The molecule has 0 aromatic heterocycles. The van der Waals surface area contributed by atoms with Crippen molar-refractivity contribution in [2.75, 3.05) is 38.3 Å². The number of benzene rings is 2. The molecule has 0 saturated carbocycles. The maximum absolute atomic E-state index is 13.3. The summed E-state index contributed by atoms with van der Waals surface area (Å²) in [4.78, 5) is 26.2. The number of carbonyl (C=O) groups is 2. The molecule has 12 heteroatoms. The van der Waals surface area contributed by atoms with Gasteiger partial charge < -0.3 is 24.4 Å². The zero-order valence-corrected chi connectivity index (χ0v) is 19.1. The molecular weight excluding hydrogens is 474 g/mol. The van der Waals surface area contributed by atoms with Gasteiger partial charge in [-0.15, -0.1) is 0 Å². The van der Waals surface area contributed by atoms with E-state index in [2.05, 4.69) is 5.32 Å². The number of carbonyl (C=O) groups excluding carboxylic acids is 2. The molecular formula is C21H20ClN3O7S. The molecule has 0 bridgehead atoms. The molecule has 5 rings (SSSR count). The van der Waals surface area contributed by atoms with E-state index in [0.717, 1.165) is 0 Å². The first-order valence-electron chi connectivity index (χ1n) is 10.2. The Morgan fingerprint density at radius 1 is 1.06 bits per heavy atom. The van der Waals surface area contributed by atoms with E-state index in [1.165, 1.54) is 16.4 Å². The monoisotopic (exact) mass is 493 g/mol. The van der Waals surface area contributed by atoms with Gasteiger partial charge in [0.2, 0.25) is 16.8 Å². The number of nitrogens with one attached hydrogen (secondary N) is 1. The van der Waals surface area contributed by atoms with Crippen LogP contribution < -0.4 is 19.5 Å². The SMILES string of the molecule is C[C@@H]1Oc2cc(S(=O)(=O)N3CCN(C(=O)c4ccc5c(c4)OCO5)CC3)c(Cl)cc2NC1=O. The molecule has 174 valence electrons. The number of ether oxygens (including phenoxy) is 3. The Bertz CT molecular complexity index is 1260. The Hall–Kier alpha value is -3.02. The molecule has 33 heavy (non-hydrogen) atoms. The van der Waals surface area contributed by atoms with Crippen LogP contribution in [0.1, 0.15) is 17.3 Å². The largest absolute Gasteiger partial charge is 0.479 e. The summed E-state index contributed by atoms with van der Waals surface area (Å²) < 4.78 is 44.0. The minimum absolute atomic E-state index is 0.0222. The quantitative estimate of drug-likeness (QED) is 0.694. The third-order valence-corrected chi connectivity index (χ3v) is 8.09. The molecule has 3 heterocycles. The summed E-state index contributed by atoms with van der Waals surface area (Å²) in [6, 6.07) is 7.66. The minimum Gasteiger partial charge on any atom is -0.479 e. The van der Waals surface area contributed by atoms with Gasteiger partial charge in [0.15, 0.2) is 17.6 Å². The van der Waals surface area contributed by atoms with Crippen LogP contribution in [0.2, 0.25) is 5.02 Å². The van der Waals surface area contributed by atoms with Crippen molar-refractivity contribution < 1.29 is 32.2 Å². The molecule has 3 aliphatic rings. The molecule has 10 nitrogen and oxygen atoms in total. The van der Waals surface area contributed by atoms with Crippen molar-refractivity contribution in [2.24, 2.45) is 0 Å². The number of sulfonamides is 1. The van der Waals surface area contributed by atoms with Crippen LogP contribution in [0.5, 0.6) is 17.2 Å². The number of fused-ring (bicyclic) bond motifs is 2. The smallest absolute Gasteiger partial charge is 0.265 e. The van der Waals surface area contributed by atoms with Gasteiger partial charge in [0, 0.05) is 37.8 Å². The van der Waals surface area contributed by atoms with Crippen LogP contribution in [0.15, 0.2) is 35.2 Å². The molecule has 2 amide bonds. The second-order valence-electron chi connectivity index (χ2n) is 7.79. The summed E-state index contributed by atoms with van der Waals surface area (Å²) in [5.74, 6) is 0.786. The molecule has 1 atom stereocenters. The number of nitrogens with zero attached hydrogens (tertiary/aromatic N) is 2. The fourth-order valence-electron chi connectivity index (χ4n) is 3.89. The van der Waals surface area contributed by atoms with E-state index in [4.69, 9.17) is 25.8 Å². The molecule has 0 spiro atoms. The van der Waals surface area contributed by atoms with Crippen molar-refractivity contribution in [3.05, 3.63) is 40.9 Å². The average Bonchev–Trinajstić information content (AvgIpc) is 3.27. The van der Waals surface area contributed by atoms with Crippen molar-refractivity contribution in [1.29, 1.82) is 0 Å². The normalized spacial score (nSPS) is 20.1. The highest BCUT2D eigenvalue weighted by Crippen LogP contribution is 2.38. The number of rotatable bonds is 3.